The molecule has 0 radical (unpaired) electrons. The van der Waals surface area contributed by atoms with Gasteiger partial charge in [0.1, 0.15) is 12.4 Å². The van der Waals surface area contributed by atoms with Gasteiger partial charge in [-0.15, -0.1) is 0 Å². The minimum absolute atomic E-state index is 0.116. The van der Waals surface area contributed by atoms with Crippen LogP contribution in [-0.4, -0.2) is 48.8 Å². The lowest BCUT2D eigenvalue weighted by molar-refractivity contribution is -0.386. The van der Waals surface area contributed by atoms with E-state index in [1.165, 1.54) is 19.1 Å². The van der Waals surface area contributed by atoms with Crippen molar-refractivity contribution in [2.24, 2.45) is 11.8 Å². The second-order valence-electron chi connectivity index (χ2n) is 6.46. The molecule has 0 amide bonds. The number of aldehydes is 1. The summed E-state index contributed by atoms with van der Waals surface area (Å²) in [5, 5.41) is 11.3. The normalized spacial score (nSPS) is 26.8. The first-order valence-electron chi connectivity index (χ1n) is 8.50. The molecule has 0 bridgehead atoms. The van der Waals surface area contributed by atoms with E-state index in [0.29, 0.717) is 6.29 Å². The first kappa shape index (κ1) is 21.3. The predicted molar refractivity (Wildman–Crippen MR) is 93.7 cm³/mol. The van der Waals surface area contributed by atoms with Crippen molar-refractivity contribution in [2.75, 3.05) is 7.11 Å². The van der Waals surface area contributed by atoms with Crippen molar-refractivity contribution in [3.05, 3.63) is 33.9 Å². The summed E-state index contributed by atoms with van der Waals surface area (Å²) >= 11 is 0. The molecule has 28 heavy (non-hydrogen) atoms. The maximum Gasteiger partial charge on any atom is 0.339 e. The first-order valence-corrected chi connectivity index (χ1v) is 8.50. The third-order valence-electron chi connectivity index (χ3n) is 4.65. The van der Waals surface area contributed by atoms with E-state index in [2.05, 4.69) is 0 Å². The largest absolute Gasteiger partial charge is 0.467 e. The maximum absolute atomic E-state index is 12.1. The Labute approximate surface area is 160 Å². The number of nitrogens with zero attached hydrogens (tertiary/aromatic N) is 1. The molecular formula is C18H21NO9. The number of nitro benzene ring substituents is 1. The van der Waals surface area contributed by atoms with Crippen LogP contribution in [0.2, 0.25) is 0 Å². The summed E-state index contributed by atoms with van der Waals surface area (Å²) in [5.41, 5.74) is -0.294. The van der Waals surface area contributed by atoms with Crippen LogP contribution in [-0.2, 0) is 23.8 Å². The average Bonchev–Trinajstić information content (AvgIpc) is 2.66. The second kappa shape index (κ2) is 8.79. The fourth-order valence-electron chi connectivity index (χ4n) is 2.95. The van der Waals surface area contributed by atoms with Gasteiger partial charge >= 0.3 is 17.6 Å². The van der Waals surface area contributed by atoms with Crippen LogP contribution in [0.5, 0.6) is 5.75 Å². The number of ether oxygens (including phenoxy) is 4. The van der Waals surface area contributed by atoms with Gasteiger partial charge in [0, 0.05) is 30.4 Å². The lowest BCUT2D eigenvalue weighted by Gasteiger charge is -2.42. The van der Waals surface area contributed by atoms with Gasteiger partial charge in [-0.25, -0.2) is 4.79 Å². The van der Waals surface area contributed by atoms with Crippen molar-refractivity contribution in [1.82, 2.24) is 0 Å². The minimum atomic E-state index is -1.25. The Bertz CT molecular complexity index is 778. The lowest BCUT2D eigenvalue weighted by atomic mass is 9.84. The molecule has 2 rings (SSSR count). The number of esters is 2. The van der Waals surface area contributed by atoms with Gasteiger partial charge in [0.05, 0.1) is 12.0 Å². The van der Waals surface area contributed by atoms with Crippen molar-refractivity contribution in [2.45, 2.75) is 39.3 Å². The molecule has 1 aliphatic rings. The summed E-state index contributed by atoms with van der Waals surface area (Å²) in [6, 6.07) is 3.73. The standard InChI is InChI=1S/C18H21NO9/c1-9-10(2)18(28-16(17(22)25-4)15(9)26-11(3)21)27-14-6-5-12(8-20)7-13(14)19(23)24/h5-10,15-16,18H,1-4H3/t9-,10-,15+,16+,18+/m1/s1. The van der Waals surface area contributed by atoms with Gasteiger partial charge in [0.25, 0.3) is 0 Å². The van der Waals surface area contributed by atoms with Gasteiger partial charge in [-0.2, -0.15) is 0 Å². The number of nitro groups is 1. The summed E-state index contributed by atoms with van der Waals surface area (Å²) < 4.78 is 21.3. The van der Waals surface area contributed by atoms with Crippen LogP contribution in [0.1, 0.15) is 31.1 Å². The summed E-state index contributed by atoms with van der Waals surface area (Å²) in [6.07, 6.45) is -2.72. The molecule has 1 aromatic carbocycles. The molecule has 0 aromatic heterocycles. The molecule has 1 aromatic rings. The summed E-state index contributed by atoms with van der Waals surface area (Å²) in [4.78, 5) is 45.0. The van der Waals surface area contributed by atoms with Crippen LogP contribution in [0.25, 0.3) is 0 Å². The molecule has 1 saturated heterocycles. The molecule has 0 aliphatic carbocycles. The van der Waals surface area contributed by atoms with Crippen LogP contribution in [0.3, 0.4) is 0 Å². The number of hydrogen-bond acceptors (Lipinski definition) is 9. The van der Waals surface area contributed by atoms with E-state index in [9.17, 15) is 24.5 Å². The van der Waals surface area contributed by atoms with Crippen molar-refractivity contribution in [3.63, 3.8) is 0 Å². The Morgan fingerprint density at radius 1 is 1.25 bits per heavy atom. The highest BCUT2D eigenvalue weighted by Crippen LogP contribution is 2.37. The molecule has 0 unspecified atom stereocenters. The number of methoxy groups -OCH3 is 1. The molecule has 0 saturated carbocycles. The van der Waals surface area contributed by atoms with E-state index in [1.54, 1.807) is 13.8 Å². The first-order chi connectivity index (χ1) is 13.2. The van der Waals surface area contributed by atoms with Crippen LogP contribution >= 0.6 is 0 Å². The Morgan fingerprint density at radius 2 is 1.93 bits per heavy atom. The number of carbonyl (C=O) groups is 3. The number of rotatable bonds is 6. The van der Waals surface area contributed by atoms with Crippen LogP contribution < -0.4 is 4.74 Å². The molecule has 152 valence electrons. The molecule has 10 heteroatoms. The highest BCUT2D eigenvalue weighted by atomic mass is 16.7. The number of carbonyl (C=O) groups excluding carboxylic acids is 3. The van der Waals surface area contributed by atoms with E-state index in [4.69, 9.17) is 18.9 Å². The van der Waals surface area contributed by atoms with E-state index in [0.717, 1.165) is 13.2 Å². The zero-order valence-electron chi connectivity index (χ0n) is 15.8. The van der Waals surface area contributed by atoms with Gasteiger partial charge in [-0.1, -0.05) is 13.8 Å². The van der Waals surface area contributed by atoms with Gasteiger partial charge < -0.3 is 18.9 Å². The third kappa shape index (κ3) is 4.45. The van der Waals surface area contributed by atoms with Gasteiger partial charge in [-0.3, -0.25) is 19.7 Å². The summed E-state index contributed by atoms with van der Waals surface area (Å²) in [6.45, 7) is 4.70. The third-order valence-corrected chi connectivity index (χ3v) is 4.65. The molecule has 5 atom stereocenters. The Kier molecular flexibility index (Phi) is 6.68. The van der Waals surface area contributed by atoms with Crippen molar-refractivity contribution >= 4 is 23.9 Å². The highest BCUT2D eigenvalue weighted by molar-refractivity contribution is 5.77. The zero-order valence-corrected chi connectivity index (χ0v) is 15.8. The summed E-state index contributed by atoms with van der Waals surface area (Å²) in [7, 11) is 1.16. The molecule has 10 nitrogen and oxygen atoms in total. The molecule has 1 heterocycles. The molecule has 1 aliphatic heterocycles. The SMILES string of the molecule is COC(=O)[C@H]1O[C@H](Oc2ccc(C=O)cc2[N+](=O)[O-])[C@H](C)[C@@H](C)[C@@H]1OC(C)=O. The van der Waals surface area contributed by atoms with Gasteiger partial charge in [0.2, 0.25) is 6.29 Å². The zero-order chi connectivity index (χ0) is 21.0. The smallest absolute Gasteiger partial charge is 0.339 e. The van der Waals surface area contributed by atoms with Crippen LogP contribution in [0.15, 0.2) is 18.2 Å². The molecule has 0 spiro atoms. The maximum atomic E-state index is 12.1. The van der Waals surface area contributed by atoms with Crippen molar-refractivity contribution in [3.8, 4) is 5.75 Å². The van der Waals surface area contributed by atoms with E-state index < -0.39 is 47.0 Å². The Hall–Kier alpha value is -3.01. The van der Waals surface area contributed by atoms with Gasteiger partial charge in [0.15, 0.2) is 11.9 Å². The van der Waals surface area contributed by atoms with E-state index in [-0.39, 0.29) is 17.2 Å². The predicted octanol–water partition coefficient (Wildman–Crippen LogP) is 1.89. The Balaban J connectivity index is 2.34. The van der Waals surface area contributed by atoms with Crippen molar-refractivity contribution in [1.29, 1.82) is 0 Å². The average molecular weight is 395 g/mol. The van der Waals surface area contributed by atoms with E-state index >= 15 is 0 Å². The number of benzene rings is 1. The molecule has 0 N–H and O–H groups in total. The Morgan fingerprint density at radius 3 is 2.46 bits per heavy atom. The van der Waals surface area contributed by atoms with Gasteiger partial charge in [-0.05, 0) is 12.1 Å². The quantitative estimate of drug-likeness (QED) is 0.306. The minimum Gasteiger partial charge on any atom is -0.467 e. The fraction of sp³-hybridized carbons (Fsp3) is 0.500. The monoisotopic (exact) mass is 395 g/mol. The lowest BCUT2D eigenvalue weighted by Crippen LogP contribution is -2.55. The fourth-order valence-corrected chi connectivity index (χ4v) is 2.95. The van der Waals surface area contributed by atoms with E-state index in [1.807, 2.05) is 0 Å². The van der Waals surface area contributed by atoms with Crippen molar-refractivity contribution < 1.29 is 38.3 Å². The summed E-state index contributed by atoms with van der Waals surface area (Å²) in [5.74, 6) is -2.23. The van der Waals surface area contributed by atoms with Crippen LogP contribution in [0.4, 0.5) is 5.69 Å². The second-order valence-corrected chi connectivity index (χ2v) is 6.46. The van der Waals surface area contributed by atoms with Crippen LogP contribution in [0, 0.1) is 22.0 Å². The molecular weight excluding hydrogens is 374 g/mol. The molecule has 1 fully saturated rings. The number of hydrogen-bond donors (Lipinski definition) is 0. The highest BCUT2D eigenvalue weighted by Gasteiger charge is 2.48. The topological polar surface area (TPSA) is 131 Å².